The third-order valence-electron chi connectivity index (χ3n) is 2.15. The number of nitrogens with zero attached hydrogens (tertiary/aromatic N) is 2. The van der Waals surface area contributed by atoms with E-state index in [0.29, 0.717) is 10.8 Å². The standard InChI is InChI=1S/C11H8Br2ClN3/c1-15-11-8(13)5-16-10(17-11)7-4-6(12)2-3-9(7)14/h2-5H,1H3,(H,15,16,17). The van der Waals surface area contributed by atoms with Gasteiger partial charge in [0, 0.05) is 23.3 Å². The Morgan fingerprint density at radius 1 is 1.29 bits per heavy atom. The number of anilines is 1. The second-order valence-electron chi connectivity index (χ2n) is 3.26. The number of benzene rings is 1. The SMILES string of the molecule is CNc1nc(-c2cc(Br)ccc2Cl)ncc1Br. The highest BCUT2D eigenvalue weighted by Gasteiger charge is 2.09. The summed E-state index contributed by atoms with van der Waals surface area (Å²) in [5.41, 5.74) is 0.796. The fraction of sp³-hybridized carbons (Fsp3) is 0.0909. The topological polar surface area (TPSA) is 37.8 Å². The van der Waals surface area contributed by atoms with Crippen LogP contribution in [0.5, 0.6) is 0 Å². The summed E-state index contributed by atoms with van der Waals surface area (Å²) in [5.74, 6) is 1.31. The summed E-state index contributed by atoms with van der Waals surface area (Å²) >= 11 is 12.9. The predicted octanol–water partition coefficient (Wildman–Crippen LogP) is 4.36. The Hall–Kier alpha value is -0.650. The highest BCUT2D eigenvalue weighted by Crippen LogP contribution is 2.30. The first-order valence-electron chi connectivity index (χ1n) is 4.77. The van der Waals surface area contributed by atoms with Crippen molar-refractivity contribution in [2.75, 3.05) is 12.4 Å². The molecule has 3 nitrogen and oxygen atoms in total. The molecule has 0 bridgehead atoms. The van der Waals surface area contributed by atoms with E-state index in [1.165, 1.54) is 0 Å². The van der Waals surface area contributed by atoms with Crippen molar-refractivity contribution in [3.8, 4) is 11.4 Å². The molecule has 88 valence electrons. The van der Waals surface area contributed by atoms with Gasteiger partial charge < -0.3 is 5.32 Å². The average molecular weight is 377 g/mol. The number of aromatic nitrogens is 2. The summed E-state index contributed by atoms with van der Waals surface area (Å²) in [4.78, 5) is 8.64. The maximum absolute atomic E-state index is 6.13. The molecule has 17 heavy (non-hydrogen) atoms. The molecule has 0 atom stereocenters. The lowest BCUT2D eigenvalue weighted by molar-refractivity contribution is 1.15. The number of rotatable bonds is 2. The number of nitrogens with one attached hydrogen (secondary N) is 1. The van der Waals surface area contributed by atoms with E-state index in [1.807, 2.05) is 18.2 Å². The van der Waals surface area contributed by atoms with Gasteiger partial charge in [0.05, 0.1) is 9.50 Å². The van der Waals surface area contributed by atoms with Gasteiger partial charge in [0.15, 0.2) is 5.82 Å². The van der Waals surface area contributed by atoms with Gasteiger partial charge in [-0.05, 0) is 34.1 Å². The minimum Gasteiger partial charge on any atom is -0.372 e. The fourth-order valence-electron chi connectivity index (χ4n) is 1.34. The predicted molar refractivity (Wildman–Crippen MR) is 77.4 cm³/mol. The lowest BCUT2D eigenvalue weighted by atomic mass is 10.2. The highest BCUT2D eigenvalue weighted by atomic mass is 79.9. The maximum atomic E-state index is 6.13. The van der Waals surface area contributed by atoms with Crippen LogP contribution < -0.4 is 5.32 Å². The lowest BCUT2D eigenvalue weighted by Crippen LogP contribution is -1.98. The lowest BCUT2D eigenvalue weighted by Gasteiger charge is -2.07. The van der Waals surface area contributed by atoms with Crippen molar-refractivity contribution in [3.63, 3.8) is 0 Å². The number of halogens is 3. The van der Waals surface area contributed by atoms with E-state index in [0.717, 1.165) is 20.3 Å². The first-order chi connectivity index (χ1) is 8.11. The van der Waals surface area contributed by atoms with Gasteiger partial charge >= 0.3 is 0 Å². The summed E-state index contributed by atoms with van der Waals surface area (Å²) < 4.78 is 1.75. The van der Waals surface area contributed by atoms with Gasteiger partial charge in [0.2, 0.25) is 0 Å². The van der Waals surface area contributed by atoms with Crippen LogP contribution in [0.3, 0.4) is 0 Å². The van der Waals surface area contributed by atoms with Crippen LogP contribution in [0.4, 0.5) is 5.82 Å². The zero-order valence-corrected chi connectivity index (χ0v) is 12.8. The average Bonchev–Trinajstić information content (AvgIpc) is 2.33. The van der Waals surface area contributed by atoms with Gasteiger partial charge in [0.1, 0.15) is 5.82 Å². The summed E-state index contributed by atoms with van der Waals surface area (Å²) in [6.45, 7) is 0. The molecular formula is C11H8Br2ClN3. The van der Waals surface area contributed by atoms with E-state index in [9.17, 15) is 0 Å². The molecule has 0 aliphatic heterocycles. The Morgan fingerprint density at radius 3 is 2.76 bits per heavy atom. The van der Waals surface area contributed by atoms with Crippen LogP contribution in [0.15, 0.2) is 33.3 Å². The van der Waals surface area contributed by atoms with E-state index in [1.54, 1.807) is 13.2 Å². The van der Waals surface area contributed by atoms with Gasteiger partial charge in [-0.2, -0.15) is 0 Å². The Balaban J connectivity index is 2.56. The van der Waals surface area contributed by atoms with Crippen LogP contribution in [-0.4, -0.2) is 17.0 Å². The molecule has 1 N–H and O–H groups in total. The zero-order chi connectivity index (χ0) is 12.4. The maximum Gasteiger partial charge on any atom is 0.163 e. The van der Waals surface area contributed by atoms with Gasteiger partial charge in [0.25, 0.3) is 0 Å². The van der Waals surface area contributed by atoms with Crippen molar-refractivity contribution < 1.29 is 0 Å². The molecule has 0 aliphatic carbocycles. The van der Waals surface area contributed by atoms with E-state index >= 15 is 0 Å². The molecule has 0 radical (unpaired) electrons. The Labute approximate surface area is 121 Å². The summed E-state index contributed by atoms with van der Waals surface area (Å²) in [5, 5.41) is 3.61. The third kappa shape index (κ3) is 2.78. The Kier molecular flexibility index (Phi) is 4.01. The van der Waals surface area contributed by atoms with Crippen molar-refractivity contribution in [1.82, 2.24) is 9.97 Å². The van der Waals surface area contributed by atoms with Crippen molar-refractivity contribution in [3.05, 3.63) is 38.4 Å². The molecule has 0 spiro atoms. The van der Waals surface area contributed by atoms with Crippen LogP contribution in [0.1, 0.15) is 0 Å². The molecule has 2 aromatic rings. The third-order valence-corrected chi connectivity index (χ3v) is 3.55. The van der Waals surface area contributed by atoms with Crippen LogP contribution in [0.2, 0.25) is 5.02 Å². The molecule has 0 fully saturated rings. The smallest absolute Gasteiger partial charge is 0.163 e. The molecule has 0 saturated heterocycles. The number of hydrogen-bond donors (Lipinski definition) is 1. The van der Waals surface area contributed by atoms with Gasteiger partial charge in [-0.15, -0.1) is 0 Å². The van der Waals surface area contributed by atoms with Crippen molar-refractivity contribution in [2.45, 2.75) is 0 Å². The molecule has 1 heterocycles. The molecule has 1 aromatic heterocycles. The highest BCUT2D eigenvalue weighted by molar-refractivity contribution is 9.10. The quantitative estimate of drug-likeness (QED) is 0.845. The molecule has 0 unspecified atom stereocenters. The van der Waals surface area contributed by atoms with Crippen LogP contribution in [-0.2, 0) is 0 Å². The van der Waals surface area contributed by atoms with E-state index in [2.05, 4.69) is 47.1 Å². The minimum absolute atomic E-state index is 0.587. The summed E-state index contributed by atoms with van der Waals surface area (Å²) in [6, 6.07) is 5.58. The molecule has 6 heteroatoms. The normalized spacial score (nSPS) is 10.4. The second-order valence-corrected chi connectivity index (χ2v) is 5.44. The largest absolute Gasteiger partial charge is 0.372 e. The first kappa shape index (κ1) is 12.8. The van der Waals surface area contributed by atoms with Crippen molar-refractivity contribution in [2.24, 2.45) is 0 Å². The van der Waals surface area contributed by atoms with Gasteiger partial charge in [-0.1, -0.05) is 27.5 Å². The minimum atomic E-state index is 0.587. The van der Waals surface area contributed by atoms with E-state index in [-0.39, 0.29) is 0 Å². The van der Waals surface area contributed by atoms with Crippen molar-refractivity contribution in [1.29, 1.82) is 0 Å². The fourth-order valence-corrected chi connectivity index (χ4v) is 2.29. The molecular weight excluding hydrogens is 369 g/mol. The zero-order valence-electron chi connectivity index (χ0n) is 8.84. The van der Waals surface area contributed by atoms with E-state index in [4.69, 9.17) is 11.6 Å². The van der Waals surface area contributed by atoms with E-state index < -0.39 is 0 Å². The Morgan fingerprint density at radius 2 is 2.06 bits per heavy atom. The van der Waals surface area contributed by atoms with Crippen molar-refractivity contribution >= 4 is 49.3 Å². The molecule has 0 aliphatic rings. The summed E-state index contributed by atoms with van der Waals surface area (Å²) in [7, 11) is 1.80. The molecule has 0 amide bonds. The second kappa shape index (κ2) is 5.33. The Bertz CT molecular complexity index is 560. The molecule has 0 saturated carbocycles. The summed E-state index contributed by atoms with van der Waals surface area (Å²) in [6.07, 6.45) is 1.70. The van der Waals surface area contributed by atoms with Gasteiger partial charge in [-0.25, -0.2) is 9.97 Å². The van der Waals surface area contributed by atoms with Crippen LogP contribution >= 0.6 is 43.5 Å². The molecule has 1 aromatic carbocycles. The first-order valence-corrected chi connectivity index (χ1v) is 6.74. The monoisotopic (exact) mass is 375 g/mol. The van der Waals surface area contributed by atoms with Gasteiger partial charge in [-0.3, -0.25) is 0 Å². The number of hydrogen-bond acceptors (Lipinski definition) is 3. The van der Waals surface area contributed by atoms with Crippen LogP contribution in [0.25, 0.3) is 11.4 Å². The van der Waals surface area contributed by atoms with Crippen LogP contribution in [0, 0.1) is 0 Å². The molecule has 2 rings (SSSR count).